The molecule has 104 valence electrons. The molecular formula is C11H13ClN2O3S2. The smallest absolute Gasteiger partial charge is 0.272 e. The number of carbonyl (C=O) groups is 1. The number of amides is 1. The van der Waals surface area contributed by atoms with Gasteiger partial charge in [0.05, 0.1) is 5.69 Å². The lowest BCUT2D eigenvalue weighted by Crippen LogP contribution is -2.21. The van der Waals surface area contributed by atoms with E-state index < -0.39 is 9.05 Å². The number of halogens is 1. The van der Waals surface area contributed by atoms with Gasteiger partial charge in [0.15, 0.2) is 9.34 Å². The zero-order valence-electron chi connectivity index (χ0n) is 10.2. The first-order valence-electron chi connectivity index (χ1n) is 6.07. The van der Waals surface area contributed by atoms with Crippen molar-refractivity contribution in [1.82, 2.24) is 4.98 Å². The third-order valence-electron chi connectivity index (χ3n) is 3.82. The number of nitrogens with one attached hydrogen (secondary N) is 1. The molecule has 2 aliphatic rings. The molecule has 0 aliphatic heterocycles. The van der Waals surface area contributed by atoms with E-state index in [1.54, 1.807) is 6.92 Å². The Morgan fingerprint density at radius 3 is 2.53 bits per heavy atom. The standard InChI is InChI=1S/C11H13ClN2O3S2/c1-5-10(19(12,16)17)18-11(13-5)14-9(15)8-3-6-2-7(6)4-8/h6-8H,2-4H2,1H3,(H,13,14,15). The molecule has 1 heterocycles. The van der Waals surface area contributed by atoms with E-state index in [-0.39, 0.29) is 16.0 Å². The molecule has 19 heavy (non-hydrogen) atoms. The van der Waals surface area contributed by atoms with Gasteiger partial charge in [0, 0.05) is 16.6 Å². The van der Waals surface area contributed by atoms with E-state index in [0.29, 0.717) is 10.8 Å². The molecule has 0 spiro atoms. The monoisotopic (exact) mass is 320 g/mol. The molecule has 1 aromatic rings. The maximum atomic E-state index is 12.0. The minimum Gasteiger partial charge on any atom is -0.302 e. The van der Waals surface area contributed by atoms with E-state index in [0.717, 1.165) is 36.0 Å². The van der Waals surface area contributed by atoms with Crippen LogP contribution < -0.4 is 5.32 Å². The van der Waals surface area contributed by atoms with Gasteiger partial charge in [-0.1, -0.05) is 11.3 Å². The lowest BCUT2D eigenvalue weighted by atomic mass is 10.0. The largest absolute Gasteiger partial charge is 0.302 e. The normalized spacial score (nSPS) is 29.1. The van der Waals surface area contributed by atoms with Gasteiger partial charge in [-0.15, -0.1) is 0 Å². The van der Waals surface area contributed by atoms with E-state index in [9.17, 15) is 13.2 Å². The van der Waals surface area contributed by atoms with E-state index in [4.69, 9.17) is 10.7 Å². The number of rotatable bonds is 3. The number of anilines is 1. The highest BCUT2D eigenvalue weighted by Gasteiger charge is 2.48. The number of aromatic nitrogens is 1. The Bertz CT molecular complexity index is 630. The zero-order valence-corrected chi connectivity index (χ0v) is 12.6. The van der Waals surface area contributed by atoms with E-state index in [1.165, 1.54) is 6.42 Å². The summed E-state index contributed by atoms with van der Waals surface area (Å²) in [5, 5.41) is 3.01. The molecule has 0 bridgehead atoms. The topological polar surface area (TPSA) is 76.1 Å². The lowest BCUT2D eigenvalue weighted by Gasteiger charge is -2.09. The Labute approximate surface area is 119 Å². The van der Waals surface area contributed by atoms with Gasteiger partial charge in [0.1, 0.15) is 0 Å². The molecule has 2 aliphatic carbocycles. The molecule has 3 rings (SSSR count). The number of fused-ring (bicyclic) bond motifs is 1. The summed E-state index contributed by atoms with van der Waals surface area (Å²) in [6.07, 6.45) is 3.15. The van der Waals surface area contributed by atoms with Crippen molar-refractivity contribution in [2.24, 2.45) is 17.8 Å². The van der Waals surface area contributed by atoms with Crippen LogP contribution in [0.1, 0.15) is 25.0 Å². The first-order chi connectivity index (χ1) is 8.84. The fourth-order valence-corrected chi connectivity index (χ4v) is 5.15. The van der Waals surface area contributed by atoms with Gasteiger partial charge in [-0.2, -0.15) is 0 Å². The summed E-state index contributed by atoms with van der Waals surface area (Å²) in [6.45, 7) is 1.56. The van der Waals surface area contributed by atoms with Crippen LogP contribution in [0, 0.1) is 24.7 Å². The molecule has 1 amide bonds. The van der Waals surface area contributed by atoms with Crippen LogP contribution in [0.2, 0.25) is 0 Å². The van der Waals surface area contributed by atoms with Crippen molar-refractivity contribution in [3.8, 4) is 0 Å². The van der Waals surface area contributed by atoms with Gasteiger partial charge in [0.2, 0.25) is 5.91 Å². The van der Waals surface area contributed by atoms with Crippen LogP contribution in [0.3, 0.4) is 0 Å². The summed E-state index contributed by atoms with van der Waals surface area (Å²) in [6, 6.07) is 0. The minimum absolute atomic E-state index is 0.00117. The van der Waals surface area contributed by atoms with Gasteiger partial charge in [-0.3, -0.25) is 4.79 Å². The van der Waals surface area contributed by atoms with Crippen LogP contribution in [-0.2, 0) is 13.8 Å². The van der Waals surface area contributed by atoms with Crippen LogP contribution in [0.5, 0.6) is 0 Å². The molecule has 5 nitrogen and oxygen atoms in total. The fraction of sp³-hybridized carbons (Fsp3) is 0.636. The number of thiazole rings is 1. The molecule has 1 aromatic heterocycles. The third kappa shape index (κ3) is 2.64. The van der Waals surface area contributed by atoms with Gasteiger partial charge < -0.3 is 5.32 Å². The summed E-state index contributed by atoms with van der Waals surface area (Å²) in [5.41, 5.74) is 0.324. The minimum atomic E-state index is -3.79. The molecular weight excluding hydrogens is 308 g/mol. The van der Waals surface area contributed by atoms with E-state index >= 15 is 0 Å². The van der Waals surface area contributed by atoms with Crippen molar-refractivity contribution in [1.29, 1.82) is 0 Å². The molecule has 0 saturated heterocycles. The highest BCUT2D eigenvalue weighted by molar-refractivity contribution is 8.15. The van der Waals surface area contributed by atoms with Crippen LogP contribution in [-0.4, -0.2) is 19.3 Å². The maximum absolute atomic E-state index is 12.0. The van der Waals surface area contributed by atoms with Gasteiger partial charge >= 0.3 is 0 Å². The highest BCUT2D eigenvalue weighted by atomic mass is 35.7. The molecule has 2 saturated carbocycles. The maximum Gasteiger partial charge on any atom is 0.272 e. The average molecular weight is 321 g/mol. The van der Waals surface area contributed by atoms with Crippen molar-refractivity contribution in [2.75, 3.05) is 5.32 Å². The molecule has 0 radical (unpaired) electrons. The van der Waals surface area contributed by atoms with Crippen molar-refractivity contribution in [3.63, 3.8) is 0 Å². The van der Waals surface area contributed by atoms with Crippen LogP contribution in [0.4, 0.5) is 5.13 Å². The van der Waals surface area contributed by atoms with Crippen molar-refractivity contribution < 1.29 is 13.2 Å². The van der Waals surface area contributed by atoms with Crippen LogP contribution in [0.15, 0.2) is 4.21 Å². The van der Waals surface area contributed by atoms with Gasteiger partial charge in [0.25, 0.3) is 9.05 Å². The Kier molecular flexibility index (Phi) is 3.11. The van der Waals surface area contributed by atoms with Crippen molar-refractivity contribution in [2.45, 2.75) is 30.4 Å². The zero-order chi connectivity index (χ0) is 13.8. The van der Waals surface area contributed by atoms with Gasteiger partial charge in [-0.25, -0.2) is 13.4 Å². The predicted octanol–water partition coefficient (Wildman–Crippen LogP) is 2.36. The summed E-state index contributed by atoms with van der Waals surface area (Å²) in [4.78, 5) is 16.1. The molecule has 2 unspecified atom stereocenters. The highest BCUT2D eigenvalue weighted by Crippen LogP contribution is 2.54. The second kappa shape index (κ2) is 4.43. The number of aryl methyl sites for hydroxylation is 1. The van der Waals surface area contributed by atoms with E-state index in [2.05, 4.69) is 10.3 Å². The second-order valence-corrected chi connectivity index (χ2v) is 9.00. The second-order valence-electron chi connectivity index (χ2n) is 5.24. The molecule has 8 heteroatoms. The summed E-state index contributed by atoms with van der Waals surface area (Å²) in [7, 11) is 1.50. The quantitative estimate of drug-likeness (QED) is 0.867. The Morgan fingerprint density at radius 1 is 1.37 bits per heavy atom. The molecule has 2 fully saturated rings. The fourth-order valence-electron chi connectivity index (χ4n) is 2.80. The van der Waals surface area contributed by atoms with Crippen molar-refractivity contribution in [3.05, 3.63) is 5.69 Å². The summed E-state index contributed by atoms with van der Waals surface area (Å²) >= 11 is 0.903. The first kappa shape index (κ1) is 13.3. The van der Waals surface area contributed by atoms with Crippen molar-refractivity contribution >= 4 is 42.1 Å². The van der Waals surface area contributed by atoms with Crippen LogP contribution in [0.25, 0.3) is 0 Å². The van der Waals surface area contributed by atoms with E-state index in [1.807, 2.05) is 0 Å². The number of nitrogens with zero attached hydrogens (tertiary/aromatic N) is 1. The summed E-state index contributed by atoms with van der Waals surface area (Å²) in [5.74, 6) is 1.45. The van der Waals surface area contributed by atoms with Crippen LogP contribution >= 0.6 is 22.0 Å². The molecule has 0 aromatic carbocycles. The van der Waals surface area contributed by atoms with Gasteiger partial charge in [-0.05, 0) is 38.0 Å². The predicted molar refractivity (Wildman–Crippen MR) is 72.8 cm³/mol. The number of hydrogen-bond acceptors (Lipinski definition) is 5. The Hall–Kier alpha value is -0.660. The lowest BCUT2D eigenvalue weighted by molar-refractivity contribution is -0.120. The third-order valence-corrected chi connectivity index (χ3v) is 7.07. The summed E-state index contributed by atoms with van der Waals surface area (Å²) < 4.78 is 22.6. The first-order valence-corrected chi connectivity index (χ1v) is 9.20. The molecule has 1 N–H and O–H groups in total. The molecule has 2 atom stereocenters. The Balaban J connectivity index is 1.71. The number of hydrogen-bond donors (Lipinski definition) is 1. The Morgan fingerprint density at radius 2 is 2.00 bits per heavy atom. The average Bonchev–Trinajstić information content (AvgIpc) is 2.72. The number of carbonyl (C=O) groups excluding carboxylic acids is 1. The SMILES string of the molecule is Cc1nc(NC(=O)C2CC3CC3C2)sc1S(=O)(=O)Cl.